The zero-order valence-electron chi connectivity index (χ0n) is 14.5. The van der Waals surface area contributed by atoms with Gasteiger partial charge in [-0.25, -0.2) is 0 Å². The fraction of sp³-hybridized carbons (Fsp3) is 0.474. The highest BCUT2D eigenvalue weighted by atomic mass is 35.5. The fourth-order valence-corrected chi connectivity index (χ4v) is 3.98. The second-order valence-corrected chi connectivity index (χ2v) is 7.37. The SMILES string of the molecule is O=C1CC(C(=O)N2CCOCC2)CN1CCc1c[nH]c2ccc(Cl)cc12. The monoisotopic (exact) mass is 375 g/mol. The zero-order valence-corrected chi connectivity index (χ0v) is 15.3. The van der Waals surface area contributed by atoms with E-state index in [2.05, 4.69) is 4.98 Å². The molecule has 4 rings (SSSR count). The van der Waals surface area contributed by atoms with Crippen molar-refractivity contribution < 1.29 is 14.3 Å². The molecule has 1 unspecified atom stereocenters. The van der Waals surface area contributed by atoms with Crippen LogP contribution < -0.4 is 0 Å². The summed E-state index contributed by atoms with van der Waals surface area (Å²) < 4.78 is 5.29. The lowest BCUT2D eigenvalue weighted by Crippen LogP contribution is -2.44. The summed E-state index contributed by atoms with van der Waals surface area (Å²) in [5, 5.41) is 1.79. The fourth-order valence-electron chi connectivity index (χ4n) is 3.81. The van der Waals surface area contributed by atoms with Gasteiger partial charge in [-0.2, -0.15) is 0 Å². The molecule has 0 bridgehead atoms. The molecule has 2 aliphatic heterocycles. The lowest BCUT2D eigenvalue weighted by Gasteiger charge is -2.29. The predicted molar refractivity (Wildman–Crippen MR) is 99.1 cm³/mol. The topological polar surface area (TPSA) is 65.6 Å². The predicted octanol–water partition coefficient (Wildman–Crippen LogP) is 2.07. The molecule has 3 heterocycles. The number of aromatic nitrogens is 1. The zero-order chi connectivity index (χ0) is 18.1. The Hall–Kier alpha value is -2.05. The summed E-state index contributed by atoms with van der Waals surface area (Å²) in [5.41, 5.74) is 2.18. The summed E-state index contributed by atoms with van der Waals surface area (Å²) in [6.07, 6.45) is 3.03. The molecule has 7 heteroatoms. The summed E-state index contributed by atoms with van der Waals surface area (Å²) in [6.45, 7) is 3.54. The van der Waals surface area contributed by atoms with E-state index in [9.17, 15) is 9.59 Å². The van der Waals surface area contributed by atoms with Crippen molar-refractivity contribution >= 4 is 34.3 Å². The molecule has 2 saturated heterocycles. The van der Waals surface area contributed by atoms with Gasteiger partial charge < -0.3 is 19.5 Å². The summed E-state index contributed by atoms with van der Waals surface area (Å²) in [6, 6.07) is 5.76. The summed E-state index contributed by atoms with van der Waals surface area (Å²) in [4.78, 5) is 31.8. The number of aromatic amines is 1. The summed E-state index contributed by atoms with van der Waals surface area (Å²) >= 11 is 6.10. The number of benzene rings is 1. The van der Waals surface area contributed by atoms with Gasteiger partial charge >= 0.3 is 0 Å². The van der Waals surface area contributed by atoms with Crippen LogP contribution >= 0.6 is 11.6 Å². The van der Waals surface area contributed by atoms with Crippen LogP contribution in [0.4, 0.5) is 0 Å². The maximum atomic E-state index is 12.6. The third-order valence-electron chi connectivity index (χ3n) is 5.27. The van der Waals surface area contributed by atoms with Gasteiger partial charge in [-0.05, 0) is 30.2 Å². The highest BCUT2D eigenvalue weighted by Gasteiger charge is 2.36. The van der Waals surface area contributed by atoms with Gasteiger partial charge in [0.05, 0.1) is 19.1 Å². The number of H-pyrrole nitrogens is 1. The number of halogens is 1. The van der Waals surface area contributed by atoms with E-state index >= 15 is 0 Å². The Balaban J connectivity index is 1.38. The molecule has 0 saturated carbocycles. The Morgan fingerprint density at radius 2 is 2.12 bits per heavy atom. The van der Waals surface area contributed by atoms with Crippen LogP contribution in [0.5, 0.6) is 0 Å². The van der Waals surface area contributed by atoms with Crippen molar-refractivity contribution in [3.05, 3.63) is 35.0 Å². The molecule has 2 aliphatic rings. The second kappa shape index (κ2) is 7.29. The van der Waals surface area contributed by atoms with E-state index in [-0.39, 0.29) is 17.7 Å². The van der Waals surface area contributed by atoms with E-state index in [1.165, 1.54) is 0 Å². The standard InChI is InChI=1S/C19H22ClN3O3/c20-15-1-2-17-16(10-15)13(11-21-17)3-4-23-12-14(9-18(23)24)19(25)22-5-7-26-8-6-22/h1-2,10-11,14,21H,3-9,12H2. The third kappa shape index (κ3) is 3.44. The number of carbonyl (C=O) groups excluding carboxylic acids is 2. The summed E-state index contributed by atoms with van der Waals surface area (Å²) in [5.74, 6) is -0.0736. The van der Waals surface area contributed by atoms with Gasteiger partial charge in [0.2, 0.25) is 11.8 Å². The molecule has 1 aromatic heterocycles. The average Bonchev–Trinajstić information content (AvgIpc) is 3.23. The number of hydrogen-bond donors (Lipinski definition) is 1. The van der Waals surface area contributed by atoms with Crippen LogP contribution in [0, 0.1) is 5.92 Å². The highest BCUT2D eigenvalue weighted by Crippen LogP contribution is 2.25. The number of nitrogens with one attached hydrogen (secondary N) is 1. The van der Waals surface area contributed by atoms with Crippen LogP contribution in [0.25, 0.3) is 10.9 Å². The van der Waals surface area contributed by atoms with E-state index in [4.69, 9.17) is 16.3 Å². The maximum absolute atomic E-state index is 12.6. The molecular weight excluding hydrogens is 354 g/mol. The van der Waals surface area contributed by atoms with Crippen LogP contribution in [0.3, 0.4) is 0 Å². The molecule has 0 spiro atoms. The van der Waals surface area contributed by atoms with Crippen molar-refractivity contribution in [3.8, 4) is 0 Å². The molecule has 6 nitrogen and oxygen atoms in total. The Bertz CT molecular complexity index is 829. The lowest BCUT2D eigenvalue weighted by molar-refractivity contribution is -0.139. The van der Waals surface area contributed by atoms with Gasteiger partial charge in [-0.3, -0.25) is 9.59 Å². The number of ether oxygens (including phenoxy) is 1. The van der Waals surface area contributed by atoms with Crippen LogP contribution in [0.2, 0.25) is 5.02 Å². The van der Waals surface area contributed by atoms with Gasteiger partial charge in [0, 0.05) is 54.7 Å². The molecule has 1 aromatic carbocycles. The Kier molecular flexibility index (Phi) is 4.87. The molecule has 0 radical (unpaired) electrons. The van der Waals surface area contributed by atoms with E-state index in [0.717, 1.165) is 22.9 Å². The normalized spacial score (nSPS) is 21.0. The van der Waals surface area contributed by atoms with Gasteiger partial charge in [0.1, 0.15) is 0 Å². The van der Waals surface area contributed by atoms with Crippen LogP contribution in [0.15, 0.2) is 24.4 Å². The molecule has 26 heavy (non-hydrogen) atoms. The Morgan fingerprint density at radius 3 is 2.92 bits per heavy atom. The molecule has 0 aliphatic carbocycles. The van der Waals surface area contributed by atoms with Crippen molar-refractivity contribution in [2.24, 2.45) is 5.92 Å². The number of nitrogens with zero attached hydrogens (tertiary/aromatic N) is 2. The number of likely N-dealkylation sites (tertiary alicyclic amines) is 1. The van der Waals surface area contributed by atoms with E-state index in [1.807, 2.05) is 34.2 Å². The third-order valence-corrected chi connectivity index (χ3v) is 5.50. The molecule has 2 fully saturated rings. The second-order valence-electron chi connectivity index (χ2n) is 6.93. The van der Waals surface area contributed by atoms with Gasteiger partial charge in [-0.15, -0.1) is 0 Å². The van der Waals surface area contributed by atoms with Crippen molar-refractivity contribution in [2.45, 2.75) is 12.8 Å². The van der Waals surface area contributed by atoms with Crippen molar-refractivity contribution in [1.82, 2.24) is 14.8 Å². The molecule has 138 valence electrons. The number of rotatable bonds is 4. The van der Waals surface area contributed by atoms with Gasteiger partial charge in [-0.1, -0.05) is 11.6 Å². The van der Waals surface area contributed by atoms with Crippen molar-refractivity contribution in [2.75, 3.05) is 39.4 Å². The Morgan fingerprint density at radius 1 is 1.31 bits per heavy atom. The first-order valence-corrected chi connectivity index (χ1v) is 9.39. The van der Waals surface area contributed by atoms with Gasteiger partial charge in [0.15, 0.2) is 0 Å². The molecular formula is C19H22ClN3O3. The summed E-state index contributed by atoms with van der Waals surface area (Å²) in [7, 11) is 0. The molecule has 2 aromatic rings. The number of fused-ring (bicyclic) bond motifs is 1. The van der Waals surface area contributed by atoms with Crippen LogP contribution in [-0.2, 0) is 20.7 Å². The largest absolute Gasteiger partial charge is 0.378 e. The first-order chi connectivity index (χ1) is 12.6. The minimum atomic E-state index is -0.224. The van der Waals surface area contributed by atoms with Crippen LogP contribution in [-0.4, -0.2) is 66.0 Å². The number of morpholine rings is 1. The van der Waals surface area contributed by atoms with E-state index in [0.29, 0.717) is 50.8 Å². The number of carbonyl (C=O) groups is 2. The first kappa shape index (κ1) is 17.4. The maximum Gasteiger partial charge on any atom is 0.228 e. The minimum Gasteiger partial charge on any atom is -0.378 e. The number of amides is 2. The highest BCUT2D eigenvalue weighted by molar-refractivity contribution is 6.31. The van der Waals surface area contributed by atoms with Crippen molar-refractivity contribution in [3.63, 3.8) is 0 Å². The van der Waals surface area contributed by atoms with E-state index < -0.39 is 0 Å². The first-order valence-electron chi connectivity index (χ1n) is 9.01. The van der Waals surface area contributed by atoms with Crippen molar-refractivity contribution in [1.29, 1.82) is 0 Å². The smallest absolute Gasteiger partial charge is 0.228 e. The molecule has 2 amide bonds. The quantitative estimate of drug-likeness (QED) is 0.889. The minimum absolute atomic E-state index is 0.0643. The van der Waals surface area contributed by atoms with E-state index in [1.54, 1.807) is 0 Å². The Labute approximate surface area is 157 Å². The van der Waals surface area contributed by atoms with Crippen LogP contribution in [0.1, 0.15) is 12.0 Å². The van der Waals surface area contributed by atoms with Gasteiger partial charge in [0.25, 0.3) is 0 Å². The molecule has 1 atom stereocenters. The lowest BCUT2D eigenvalue weighted by atomic mass is 10.1. The molecule has 1 N–H and O–H groups in total. The average molecular weight is 376 g/mol. The number of hydrogen-bond acceptors (Lipinski definition) is 3.